The second kappa shape index (κ2) is 9.97. The molecule has 0 aliphatic carbocycles. The van der Waals surface area contributed by atoms with Gasteiger partial charge in [0.1, 0.15) is 6.04 Å². The molecule has 1 aliphatic heterocycles. The average molecular weight is 422 g/mol. The van der Waals surface area contributed by atoms with Gasteiger partial charge in [-0.2, -0.15) is 18.3 Å². The predicted molar refractivity (Wildman–Crippen MR) is 112 cm³/mol. The fourth-order valence-corrected chi connectivity index (χ4v) is 3.48. The van der Waals surface area contributed by atoms with Crippen molar-refractivity contribution in [2.45, 2.75) is 32.5 Å². The highest BCUT2D eigenvalue weighted by molar-refractivity contribution is 5.80. The third-order valence-electron chi connectivity index (χ3n) is 5.34. The molecule has 1 N–H and O–H groups in total. The summed E-state index contributed by atoms with van der Waals surface area (Å²) in [5, 5.41) is 7.48. The number of hydrogen-bond donors (Lipinski definition) is 1. The maximum absolute atomic E-state index is 12.9. The van der Waals surface area contributed by atoms with Crippen LogP contribution in [0.25, 0.3) is 5.69 Å². The van der Waals surface area contributed by atoms with Crippen molar-refractivity contribution >= 4 is 5.96 Å². The second-order valence-corrected chi connectivity index (χ2v) is 7.34. The van der Waals surface area contributed by atoms with Crippen molar-refractivity contribution in [3.8, 4) is 5.69 Å². The molecule has 30 heavy (non-hydrogen) atoms. The van der Waals surface area contributed by atoms with Crippen LogP contribution in [0.1, 0.15) is 19.4 Å². The minimum atomic E-state index is -4.19. The fraction of sp³-hybridized carbons (Fsp3) is 0.524. The van der Waals surface area contributed by atoms with E-state index in [2.05, 4.69) is 22.5 Å². The lowest BCUT2D eigenvalue weighted by Crippen LogP contribution is -2.56. The molecule has 0 amide bonds. The molecular weight excluding hydrogens is 393 g/mol. The van der Waals surface area contributed by atoms with Crippen LogP contribution in [0.4, 0.5) is 13.2 Å². The first-order valence-electron chi connectivity index (χ1n) is 10.3. The molecule has 164 valence electrons. The number of rotatable bonds is 6. The van der Waals surface area contributed by atoms with Crippen LogP contribution in [0.3, 0.4) is 0 Å². The maximum atomic E-state index is 12.9. The van der Waals surface area contributed by atoms with E-state index in [0.29, 0.717) is 32.7 Å². The zero-order valence-electron chi connectivity index (χ0n) is 17.4. The van der Waals surface area contributed by atoms with Gasteiger partial charge in [0.25, 0.3) is 0 Å². The molecule has 0 spiro atoms. The van der Waals surface area contributed by atoms with Gasteiger partial charge in [-0.15, -0.1) is 0 Å². The van der Waals surface area contributed by atoms with E-state index in [1.165, 1.54) is 17.4 Å². The van der Waals surface area contributed by atoms with Gasteiger partial charge in [0.2, 0.25) is 0 Å². The van der Waals surface area contributed by atoms with Crippen molar-refractivity contribution in [3.63, 3.8) is 0 Å². The SMILES string of the molecule is CCNC(=NCCc1ccc(-n2cccn2)cc1)N1CCN(C(C)C(F)(F)F)CC1. The van der Waals surface area contributed by atoms with Crippen molar-refractivity contribution in [1.82, 2.24) is 24.9 Å². The highest BCUT2D eigenvalue weighted by Gasteiger charge is 2.41. The molecule has 0 radical (unpaired) electrons. The Morgan fingerprint density at radius 2 is 1.87 bits per heavy atom. The van der Waals surface area contributed by atoms with E-state index in [9.17, 15) is 13.2 Å². The zero-order chi connectivity index (χ0) is 21.6. The Morgan fingerprint density at radius 1 is 1.17 bits per heavy atom. The minimum Gasteiger partial charge on any atom is -0.357 e. The fourth-order valence-electron chi connectivity index (χ4n) is 3.48. The molecule has 1 unspecified atom stereocenters. The van der Waals surface area contributed by atoms with Crippen LogP contribution >= 0.6 is 0 Å². The summed E-state index contributed by atoms with van der Waals surface area (Å²) in [5.41, 5.74) is 2.18. The van der Waals surface area contributed by atoms with E-state index in [4.69, 9.17) is 4.99 Å². The molecule has 0 saturated carbocycles. The number of guanidine groups is 1. The van der Waals surface area contributed by atoms with Crippen molar-refractivity contribution in [2.24, 2.45) is 4.99 Å². The number of aliphatic imine (C=N–C) groups is 1. The Morgan fingerprint density at radius 3 is 2.43 bits per heavy atom. The van der Waals surface area contributed by atoms with Crippen LogP contribution in [0, 0.1) is 0 Å². The molecule has 1 saturated heterocycles. The standard InChI is InChI=1S/C21H29F3N6/c1-3-25-20(29-15-13-28(14-16-29)17(2)21(22,23)24)26-11-9-18-5-7-19(8-6-18)30-12-4-10-27-30/h4-8,10,12,17H,3,9,11,13-16H2,1-2H3,(H,25,26). The zero-order valence-corrected chi connectivity index (χ0v) is 17.4. The number of nitrogens with zero attached hydrogens (tertiary/aromatic N) is 5. The lowest BCUT2D eigenvalue weighted by molar-refractivity contribution is -0.181. The molecule has 9 heteroatoms. The maximum Gasteiger partial charge on any atom is 0.403 e. The molecule has 1 fully saturated rings. The third-order valence-corrected chi connectivity index (χ3v) is 5.34. The van der Waals surface area contributed by atoms with Crippen molar-refractivity contribution in [1.29, 1.82) is 0 Å². The van der Waals surface area contributed by atoms with Crippen molar-refractivity contribution in [2.75, 3.05) is 39.3 Å². The van der Waals surface area contributed by atoms with E-state index in [1.54, 1.807) is 6.20 Å². The highest BCUT2D eigenvalue weighted by Crippen LogP contribution is 2.25. The van der Waals surface area contributed by atoms with Crippen LogP contribution in [-0.4, -0.2) is 77.0 Å². The smallest absolute Gasteiger partial charge is 0.357 e. The number of nitrogens with one attached hydrogen (secondary N) is 1. The summed E-state index contributed by atoms with van der Waals surface area (Å²) in [7, 11) is 0. The van der Waals surface area contributed by atoms with Gasteiger partial charge in [-0.1, -0.05) is 12.1 Å². The van der Waals surface area contributed by atoms with Gasteiger partial charge in [-0.05, 0) is 44.0 Å². The summed E-state index contributed by atoms with van der Waals surface area (Å²) in [6.07, 6.45) is 0.249. The third kappa shape index (κ3) is 5.75. The van der Waals surface area contributed by atoms with Gasteiger partial charge in [0, 0.05) is 51.7 Å². The summed E-state index contributed by atoms with van der Waals surface area (Å²) in [4.78, 5) is 8.23. The van der Waals surface area contributed by atoms with Crippen molar-refractivity contribution < 1.29 is 13.2 Å². The Labute approximate surface area is 175 Å². The number of piperazine rings is 1. The monoisotopic (exact) mass is 422 g/mol. The molecule has 1 atom stereocenters. The first-order chi connectivity index (χ1) is 14.4. The van der Waals surface area contributed by atoms with Crippen molar-refractivity contribution in [3.05, 3.63) is 48.3 Å². The molecule has 1 aromatic carbocycles. The van der Waals surface area contributed by atoms with E-state index >= 15 is 0 Å². The average Bonchev–Trinajstić information content (AvgIpc) is 3.27. The van der Waals surface area contributed by atoms with Gasteiger partial charge in [0.05, 0.1) is 5.69 Å². The van der Waals surface area contributed by atoms with Gasteiger partial charge in [0.15, 0.2) is 5.96 Å². The molecule has 1 aliphatic rings. The quantitative estimate of drug-likeness (QED) is 0.575. The van der Waals surface area contributed by atoms with E-state index < -0.39 is 12.2 Å². The highest BCUT2D eigenvalue weighted by atomic mass is 19.4. The van der Waals surface area contributed by atoms with Gasteiger partial charge in [-0.3, -0.25) is 9.89 Å². The van der Waals surface area contributed by atoms with Gasteiger partial charge < -0.3 is 10.2 Å². The first-order valence-corrected chi connectivity index (χ1v) is 10.3. The summed E-state index contributed by atoms with van der Waals surface area (Å²) >= 11 is 0. The lowest BCUT2D eigenvalue weighted by atomic mass is 10.1. The predicted octanol–water partition coefficient (Wildman–Crippen LogP) is 2.95. The van der Waals surface area contributed by atoms with E-state index in [1.807, 2.05) is 40.9 Å². The molecule has 1 aromatic heterocycles. The van der Waals surface area contributed by atoms with Crippen LogP contribution in [0.5, 0.6) is 0 Å². The van der Waals surface area contributed by atoms with Crippen LogP contribution in [0.15, 0.2) is 47.7 Å². The Hall–Kier alpha value is -2.55. The van der Waals surface area contributed by atoms with Crippen LogP contribution in [-0.2, 0) is 6.42 Å². The molecule has 0 bridgehead atoms. The second-order valence-electron chi connectivity index (χ2n) is 7.34. The molecule has 6 nitrogen and oxygen atoms in total. The Bertz CT molecular complexity index is 793. The van der Waals surface area contributed by atoms with E-state index in [0.717, 1.165) is 24.6 Å². The normalized spacial score (nSPS) is 17.2. The summed E-state index contributed by atoms with van der Waals surface area (Å²) in [5.74, 6) is 0.768. The molecule has 2 aromatic rings. The van der Waals surface area contributed by atoms with E-state index in [-0.39, 0.29) is 0 Å². The number of benzene rings is 1. The minimum absolute atomic E-state index is 0.375. The summed E-state index contributed by atoms with van der Waals surface area (Å²) in [6.45, 7) is 6.37. The number of alkyl halides is 3. The Balaban J connectivity index is 1.53. The number of halogens is 3. The summed E-state index contributed by atoms with van der Waals surface area (Å²) in [6, 6.07) is 8.65. The van der Waals surface area contributed by atoms with Crippen LogP contribution < -0.4 is 5.32 Å². The molecule has 2 heterocycles. The first kappa shape index (κ1) is 22.1. The van der Waals surface area contributed by atoms with Gasteiger partial charge >= 0.3 is 6.18 Å². The topological polar surface area (TPSA) is 48.7 Å². The number of aromatic nitrogens is 2. The molecule has 3 rings (SSSR count). The largest absolute Gasteiger partial charge is 0.403 e. The summed E-state index contributed by atoms with van der Waals surface area (Å²) < 4.78 is 40.6. The number of hydrogen-bond acceptors (Lipinski definition) is 3. The Kier molecular flexibility index (Phi) is 7.36. The van der Waals surface area contributed by atoms with Gasteiger partial charge in [-0.25, -0.2) is 4.68 Å². The van der Waals surface area contributed by atoms with Crippen LogP contribution in [0.2, 0.25) is 0 Å². The molecular formula is C21H29F3N6. The lowest BCUT2D eigenvalue weighted by Gasteiger charge is -2.39.